The Kier molecular flexibility index (Phi) is 4.83. The molecule has 0 spiro atoms. The first-order valence-electron chi connectivity index (χ1n) is 7.33. The van der Waals surface area contributed by atoms with Gasteiger partial charge < -0.3 is 10.5 Å². The van der Waals surface area contributed by atoms with Crippen LogP contribution in [0.4, 0.5) is 0 Å². The predicted molar refractivity (Wildman–Crippen MR) is 71.0 cm³/mol. The van der Waals surface area contributed by atoms with Gasteiger partial charge in [0, 0.05) is 25.2 Å². The van der Waals surface area contributed by atoms with E-state index < -0.39 is 0 Å². The molecular formula is C14H28N2O. The molecule has 2 heterocycles. The van der Waals surface area contributed by atoms with Crippen molar-refractivity contribution in [1.82, 2.24) is 4.90 Å². The highest BCUT2D eigenvalue weighted by Gasteiger charge is 2.34. The number of ether oxygens (including phenoxy) is 1. The van der Waals surface area contributed by atoms with E-state index in [1.54, 1.807) is 0 Å². The second-order valence-electron chi connectivity index (χ2n) is 5.74. The van der Waals surface area contributed by atoms with Crippen molar-refractivity contribution in [2.75, 3.05) is 19.7 Å². The summed E-state index contributed by atoms with van der Waals surface area (Å²) in [5, 5.41) is 0. The molecular weight excluding hydrogens is 212 g/mol. The summed E-state index contributed by atoms with van der Waals surface area (Å²) in [7, 11) is 0. The molecule has 4 atom stereocenters. The van der Waals surface area contributed by atoms with E-state index in [1.807, 2.05) is 0 Å². The van der Waals surface area contributed by atoms with Gasteiger partial charge >= 0.3 is 0 Å². The fourth-order valence-corrected chi connectivity index (χ4v) is 3.55. The standard InChI is InChI=1S/C14H28N2O/c1-3-13-9-12(6-8-17-13)16-7-4-5-11(2)14(16)10-15/h11-14H,3-10,15H2,1-2H3. The molecule has 0 aromatic carbocycles. The molecule has 0 amide bonds. The first-order valence-corrected chi connectivity index (χ1v) is 7.33. The molecule has 0 saturated carbocycles. The van der Waals surface area contributed by atoms with Gasteiger partial charge in [-0.1, -0.05) is 13.8 Å². The Morgan fingerprint density at radius 1 is 1.35 bits per heavy atom. The fourth-order valence-electron chi connectivity index (χ4n) is 3.55. The first kappa shape index (κ1) is 13.3. The number of piperidine rings is 1. The van der Waals surface area contributed by atoms with Crippen LogP contribution in [0.15, 0.2) is 0 Å². The molecule has 2 N–H and O–H groups in total. The molecule has 3 nitrogen and oxygen atoms in total. The van der Waals surface area contributed by atoms with Crippen LogP contribution in [-0.4, -0.2) is 42.8 Å². The highest BCUT2D eigenvalue weighted by molar-refractivity contribution is 4.89. The zero-order chi connectivity index (χ0) is 12.3. The SMILES string of the molecule is CCC1CC(N2CCCC(C)C2CN)CCO1. The Morgan fingerprint density at radius 3 is 2.88 bits per heavy atom. The summed E-state index contributed by atoms with van der Waals surface area (Å²) in [5.74, 6) is 0.761. The lowest BCUT2D eigenvalue weighted by Gasteiger charge is -2.46. The summed E-state index contributed by atoms with van der Waals surface area (Å²) in [5.41, 5.74) is 5.98. The Morgan fingerprint density at radius 2 is 2.18 bits per heavy atom. The number of rotatable bonds is 3. The van der Waals surface area contributed by atoms with Crippen LogP contribution in [0.25, 0.3) is 0 Å². The van der Waals surface area contributed by atoms with E-state index >= 15 is 0 Å². The molecule has 4 unspecified atom stereocenters. The van der Waals surface area contributed by atoms with Gasteiger partial charge in [0.2, 0.25) is 0 Å². The van der Waals surface area contributed by atoms with Gasteiger partial charge in [0.25, 0.3) is 0 Å². The molecule has 17 heavy (non-hydrogen) atoms. The van der Waals surface area contributed by atoms with E-state index in [-0.39, 0.29) is 0 Å². The minimum Gasteiger partial charge on any atom is -0.378 e. The Hall–Kier alpha value is -0.120. The molecule has 0 aromatic heterocycles. The van der Waals surface area contributed by atoms with Gasteiger partial charge in [0.05, 0.1) is 6.10 Å². The molecule has 0 bridgehead atoms. The van der Waals surface area contributed by atoms with Gasteiger partial charge in [0.15, 0.2) is 0 Å². The van der Waals surface area contributed by atoms with Crippen LogP contribution < -0.4 is 5.73 Å². The summed E-state index contributed by atoms with van der Waals surface area (Å²) >= 11 is 0. The van der Waals surface area contributed by atoms with E-state index in [4.69, 9.17) is 10.5 Å². The van der Waals surface area contributed by atoms with Crippen LogP contribution in [-0.2, 0) is 4.74 Å². The van der Waals surface area contributed by atoms with E-state index in [0.29, 0.717) is 18.2 Å². The van der Waals surface area contributed by atoms with Crippen LogP contribution in [0, 0.1) is 5.92 Å². The molecule has 0 aliphatic carbocycles. The lowest BCUT2D eigenvalue weighted by molar-refractivity contribution is -0.0506. The smallest absolute Gasteiger partial charge is 0.0587 e. The third-order valence-electron chi connectivity index (χ3n) is 4.66. The van der Waals surface area contributed by atoms with E-state index in [0.717, 1.165) is 25.5 Å². The molecule has 2 aliphatic rings. The molecule has 2 aliphatic heterocycles. The van der Waals surface area contributed by atoms with Gasteiger partial charge in [-0.15, -0.1) is 0 Å². The Balaban J connectivity index is 1.98. The van der Waals surface area contributed by atoms with Gasteiger partial charge in [-0.05, 0) is 44.6 Å². The quantitative estimate of drug-likeness (QED) is 0.820. The van der Waals surface area contributed by atoms with Crippen molar-refractivity contribution in [2.24, 2.45) is 11.7 Å². The molecule has 2 fully saturated rings. The van der Waals surface area contributed by atoms with Gasteiger partial charge in [-0.3, -0.25) is 4.90 Å². The average molecular weight is 240 g/mol. The second-order valence-corrected chi connectivity index (χ2v) is 5.74. The molecule has 0 radical (unpaired) electrons. The van der Waals surface area contributed by atoms with Crippen molar-refractivity contribution in [3.63, 3.8) is 0 Å². The van der Waals surface area contributed by atoms with Crippen molar-refractivity contribution < 1.29 is 4.74 Å². The first-order chi connectivity index (χ1) is 8.26. The zero-order valence-electron chi connectivity index (χ0n) is 11.4. The predicted octanol–water partition coefficient (Wildman–Crippen LogP) is 2.00. The van der Waals surface area contributed by atoms with Crippen molar-refractivity contribution >= 4 is 0 Å². The van der Waals surface area contributed by atoms with Crippen LogP contribution in [0.1, 0.15) is 46.0 Å². The van der Waals surface area contributed by atoms with Crippen LogP contribution in [0.3, 0.4) is 0 Å². The summed E-state index contributed by atoms with van der Waals surface area (Å²) < 4.78 is 5.79. The molecule has 3 heteroatoms. The van der Waals surface area contributed by atoms with Gasteiger partial charge in [-0.2, -0.15) is 0 Å². The van der Waals surface area contributed by atoms with Crippen molar-refractivity contribution in [3.05, 3.63) is 0 Å². The van der Waals surface area contributed by atoms with Crippen LogP contribution in [0.2, 0.25) is 0 Å². The topological polar surface area (TPSA) is 38.5 Å². The maximum Gasteiger partial charge on any atom is 0.0587 e. The second kappa shape index (κ2) is 6.17. The summed E-state index contributed by atoms with van der Waals surface area (Å²) in [6.45, 7) is 7.58. The number of hydrogen-bond donors (Lipinski definition) is 1. The van der Waals surface area contributed by atoms with Gasteiger partial charge in [-0.25, -0.2) is 0 Å². The van der Waals surface area contributed by atoms with E-state index in [9.17, 15) is 0 Å². The Labute approximate surface area is 106 Å². The average Bonchev–Trinajstić information content (AvgIpc) is 2.38. The maximum absolute atomic E-state index is 5.98. The van der Waals surface area contributed by atoms with E-state index in [2.05, 4.69) is 18.7 Å². The van der Waals surface area contributed by atoms with Crippen molar-refractivity contribution in [1.29, 1.82) is 0 Å². The largest absolute Gasteiger partial charge is 0.378 e. The van der Waals surface area contributed by atoms with Crippen LogP contribution >= 0.6 is 0 Å². The lowest BCUT2D eigenvalue weighted by atomic mass is 9.87. The van der Waals surface area contributed by atoms with Crippen molar-refractivity contribution in [3.8, 4) is 0 Å². The highest BCUT2D eigenvalue weighted by Crippen LogP contribution is 2.29. The fraction of sp³-hybridized carbons (Fsp3) is 1.00. The number of nitrogens with zero attached hydrogens (tertiary/aromatic N) is 1. The number of likely N-dealkylation sites (tertiary alicyclic amines) is 1. The normalized spacial score (nSPS) is 40.4. The molecule has 100 valence electrons. The summed E-state index contributed by atoms with van der Waals surface area (Å²) in [6, 6.07) is 1.31. The minimum absolute atomic E-state index is 0.476. The Bertz CT molecular complexity index is 234. The van der Waals surface area contributed by atoms with E-state index in [1.165, 1.54) is 32.2 Å². The maximum atomic E-state index is 5.98. The number of hydrogen-bond acceptors (Lipinski definition) is 3. The number of nitrogens with two attached hydrogens (primary N) is 1. The van der Waals surface area contributed by atoms with Crippen molar-refractivity contribution in [2.45, 2.75) is 64.1 Å². The molecule has 2 rings (SSSR count). The summed E-state index contributed by atoms with van der Waals surface area (Å²) in [4.78, 5) is 2.69. The third kappa shape index (κ3) is 3.01. The minimum atomic E-state index is 0.476. The van der Waals surface area contributed by atoms with Gasteiger partial charge in [0.1, 0.15) is 0 Å². The third-order valence-corrected chi connectivity index (χ3v) is 4.66. The monoisotopic (exact) mass is 240 g/mol. The molecule has 2 saturated heterocycles. The molecule has 0 aromatic rings. The van der Waals surface area contributed by atoms with Crippen LogP contribution in [0.5, 0.6) is 0 Å². The lowest BCUT2D eigenvalue weighted by Crippen LogP contribution is -2.55. The zero-order valence-corrected chi connectivity index (χ0v) is 11.4. The highest BCUT2D eigenvalue weighted by atomic mass is 16.5. The summed E-state index contributed by atoms with van der Waals surface area (Å²) in [6.07, 6.45) is 6.71.